The third-order valence-electron chi connectivity index (χ3n) is 4.37. The fourth-order valence-corrected chi connectivity index (χ4v) is 3.28. The Morgan fingerprint density at radius 1 is 0.926 bits per heavy atom. The maximum absolute atomic E-state index is 6.15. The molecule has 0 N–H and O–H groups in total. The Hall–Kier alpha value is -2.98. The van der Waals surface area contributed by atoms with Gasteiger partial charge in [0.05, 0.1) is 18.1 Å². The van der Waals surface area contributed by atoms with Gasteiger partial charge in [-0.1, -0.05) is 41.9 Å². The molecule has 0 saturated carbocycles. The molecule has 136 valence electrons. The van der Waals surface area contributed by atoms with Gasteiger partial charge >= 0.3 is 0 Å². The van der Waals surface area contributed by atoms with E-state index in [0.717, 1.165) is 38.9 Å². The van der Waals surface area contributed by atoms with Crippen molar-refractivity contribution in [3.63, 3.8) is 0 Å². The first-order chi connectivity index (χ1) is 13.2. The molecular formula is C22H19ClN2O2. The fraction of sp³-hybridized carbons (Fsp3) is 0.136. The van der Waals surface area contributed by atoms with Crippen molar-refractivity contribution in [2.45, 2.75) is 13.2 Å². The summed E-state index contributed by atoms with van der Waals surface area (Å²) in [5, 5.41) is 0.728. The second-order valence-corrected chi connectivity index (χ2v) is 6.64. The van der Waals surface area contributed by atoms with Gasteiger partial charge < -0.3 is 14.0 Å². The zero-order valence-electron chi connectivity index (χ0n) is 14.9. The lowest BCUT2D eigenvalue weighted by molar-refractivity contribution is 0.289. The number of fused-ring (bicyclic) bond motifs is 1. The van der Waals surface area contributed by atoms with Crippen LogP contribution in [0.2, 0.25) is 5.02 Å². The van der Waals surface area contributed by atoms with Crippen LogP contribution in [0.4, 0.5) is 0 Å². The van der Waals surface area contributed by atoms with Crippen LogP contribution in [-0.2, 0) is 13.2 Å². The van der Waals surface area contributed by atoms with Gasteiger partial charge in [-0.05, 0) is 42.0 Å². The molecule has 3 aromatic carbocycles. The number of ether oxygens (including phenoxy) is 2. The molecular weight excluding hydrogens is 360 g/mol. The number of halogens is 1. The smallest absolute Gasteiger partial charge is 0.148 e. The van der Waals surface area contributed by atoms with E-state index >= 15 is 0 Å². The third-order valence-corrected chi connectivity index (χ3v) is 4.61. The largest absolute Gasteiger partial charge is 0.497 e. The number of methoxy groups -OCH3 is 1. The Morgan fingerprint density at radius 2 is 1.74 bits per heavy atom. The van der Waals surface area contributed by atoms with E-state index < -0.39 is 0 Å². The number of rotatable bonds is 6. The summed E-state index contributed by atoms with van der Waals surface area (Å²) in [5.74, 6) is 2.37. The highest BCUT2D eigenvalue weighted by atomic mass is 35.5. The van der Waals surface area contributed by atoms with Gasteiger partial charge in [-0.15, -0.1) is 0 Å². The number of imidazole rings is 1. The molecule has 0 bridgehead atoms. The fourth-order valence-electron chi connectivity index (χ4n) is 3.07. The molecule has 0 aliphatic rings. The van der Waals surface area contributed by atoms with Crippen LogP contribution < -0.4 is 9.47 Å². The first kappa shape index (κ1) is 17.4. The van der Waals surface area contributed by atoms with Gasteiger partial charge in [0.15, 0.2) is 0 Å². The lowest BCUT2D eigenvalue weighted by Crippen LogP contribution is -2.08. The Bertz CT molecular complexity index is 1070. The van der Waals surface area contributed by atoms with Crippen molar-refractivity contribution >= 4 is 22.6 Å². The van der Waals surface area contributed by atoms with E-state index in [4.69, 9.17) is 26.1 Å². The van der Waals surface area contributed by atoms with Gasteiger partial charge in [-0.3, -0.25) is 0 Å². The minimum Gasteiger partial charge on any atom is -0.497 e. The van der Waals surface area contributed by atoms with Gasteiger partial charge in [0.1, 0.15) is 23.9 Å². The van der Waals surface area contributed by atoms with E-state index in [2.05, 4.69) is 16.7 Å². The summed E-state index contributed by atoms with van der Waals surface area (Å²) < 4.78 is 13.4. The summed E-state index contributed by atoms with van der Waals surface area (Å²) >= 11 is 6.15. The van der Waals surface area contributed by atoms with Crippen molar-refractivity contribution in [2.24, 2.45) is 0 Å². The van der Waals surface area contributed by atoms with E-state index in [0.29, 0.717) is 13.2 Å². The van der Waals surface area contributed by atoms with E-state index in [1.165, 1.54) is 0 Å². The Kier molecular flexibility index (Phi) is 4.99. The van der Waals surface area contributed by atoms with Crippen LogP contribution in [0.15, 0.2) is 72.8 Å². The van der Waals surface area contributed by atoms with Gasteiger partial charge in [0, 0.05) is 17.6 Å². The van der Waals surface area contributed by atoms with Crippen LogP contribution in [0, 0.1) is 0 Å². The quantitative estimate of drug-likeness (QED) is 0.455. The lowest BCUT2D eigenvalue weighted by Gasteiger charge is -2.11. The first-order valence-corrected chi connectivity index (χ1v) is 9.06. The van der Waals surface area contributed by atoms with Crippen LogP contribution in [0.5, 0.6) is 11.5 Å². The molecule has 0 saturated heterocycles. The Labute approximate surface area is 162 Å². The minimum absolute atomic E-state index is 0.364. The standard InChI is InChI=1S/C22H19ClN2O2/c1-26-18-8-5-9-19(13-18)27-15-22-24-20-10-2-3-11-21(20)25(22)14-16-6-4-7-17(23)12-16/h2-13H,14-15H2,1H3. The van der Waals surface area contributed by atoms with Crippen LogP contribution in [0.25, 0.3) is 11.0 Å². The molecule has 4 aromatic rings. The number of aromatic nitrogens is 2. The van der Waals surface area contributed by atoms with Crippen molar-refractivity contribution in [3.8, 4) is 11.5 Å². The SMILES string of the molecule is COc1cccc(OCc2nc3ccccc3n2Cc2cccc(Cl)c2)c1. The number of hydrogen-bond acceptors (Lipinski definition) is 3. The molecule has 0 aliphatic heterocycles. The monoisotopic (exact) mass is 378 g/mol. The number of nitrogens with zero attached hydrogens (tertiary/aromatic N) is 2. The summed E-state index contributed by atoms with van der Waals surface area (Å²) in [6.45, 7) is 1.04. The molecule has 0 unspecified atom stereocenters. The average molecular weight is 379 g/mol. The number of benzene rings is 3. The lowest BCUT2D eigenvalue weighted by atomic mass is 10.2. The molecule has 27 heavy (non-hydrogen) atoms. The van der Waals surface area contributed by atoms with Gasteiger partial charge in [-0.2, -0.15) is 0 Å². The van der Waals surface area contributed by atoms with E-state index in [9.17, 15) is 0 Å². The van der Waals surface area contributed by atoms with E-state index in [1.54, 1.807) is 7.11 Å². The summed E-state index contributed by atoms with van der Waals surface area (Å²) in [6, 6.07) is 23.5. The predicted octanol–water partition coefficient (Wildman–Crippen LogP) is 5.33. The summed E-state index contributed by atoms with van der Waals surface area (Å²) in [5.41, 5.74) is 3.14. The number of hydrogen-bond donors (Lipinski definition) is 0. The molecule has 0 atom stereocenters. The van der Waals surface area contributed by atoms with E-state index in [1.807, 2.05) is 60.7 Å². The van der Waals surface area contributed by atoms with Crippen LogP contribution in [0.3, 0.4) is 0 Å². The molecule has 4 nitrogen and oxygen atoms in total. The maximum atomic E-state index is 6.15. The molecule has 0 amide bonds. The van der Waals surface area contributed by atoms with Crippen molar-refractivity contribution in [1.29, 1.82) is 0 Å². The van der Waals surface area contributed by atoms with Crippen LogP contribution >= 0.6 is 11.6 Å². The molecule has 0 aliphatic carbocycles. The van der Waals surface area contributed by atoms with Gasteiger partial charge in [0.25, 0.3) is 0 Å². The van der Waals surface area contributed by atoms with Crippen LogP contribution in [-0.4, -0.2) is 16.7 Å². The summed E-state index contributed by atoms with van der Waals surface area (Å²) in [4.78, 5) is 4.76. The second-order valence-electron chi connectivity index (χ2n) is 6.20. The maximum Gasteiger partial charge on any atom is 0.148 e. The molecule has 0 radical (unpaired) electrons. The second kappa shape index (κ2) is 7.72. The Balaban J connectivity index is 1.65. The zero-order chi connectivity index (χ0) is 18.6. The molecule has 0 spiro atoms. The predicted molar refractivity (Wildman–Crippen MR) is 108 cm³/mol. The average Bonchev–Trinajstić information content (AvgIpc) is 3.04. The highest BCUT2D eigenvalue weighted by molar-refractivity contribution is 6.30. The highest BCUT2D eigenvalue weighted by Gasteiger charge is 2.12. The van der Waals surface area contributed by atoms with Crippen molar-refractivity contribution in [1.82, 2.24) is 9.55 Å². The molecule has 5 heteroatoms. The molecule has 0 fully saturated rings. The number of para-hydroxylation sites is 2. The van der Waals surface area contributed by atoms with Crippen molar-refractivity contribution < 1.29 is 9.47 Å². The van der Waals surface area contributed by atoms with Crippen molar-refractivity contribution in [3.05, 3.63) is 89.2 Å². The van der Waals surface area contributed by atoms with E-state index in [-0.39, 0.29) is 0 Å². The third kappa shape index (κ3) is 3.91. The van der Waals surface area contributed by atoms with Crippen LogP contribution in [0.1, 0.15) is 11.4 Å². The highest BCUT2D eigenvalue weighted by Crippen LogP contribution is 2.23. The summed E-state index contributed by atoms with van der Waals surface area (Å²) in [7, 11) is 1.64. The normalized spacial score (nSPS) is 10.9. The molecule has 1 heterocycles. The van der Waals surface area contributed by atoms with Crippen molar-refractivity contribution in [2.75, 3.05) is 7.11 Å². The van der Waals surface area contributed by atoms with Gasteiger partial charge in [-0.25, -0.2) is 4.98 Å². The molecule has 4 rings (SSSR count). The first-order valence-electron chi connectivity index (χ1n) is 8.68. The van der Waals surface area contributed by atoms with Gasteiger partial charge in [0.2, 0.25) is 0 Å². The zero-order valence-corrected chi connectivity index (χ0v) is 15.7. The summed E-state index contributed by atoms with van der Waals surface area (Å²) in [6.07, 6.45) is 0. The minimum atomic E-state index is 0.364. The molecule has 1 aromatic heterocycles. The Morgan fingerprint density at radius 3 is 2.59 bits per heavy atom. The topological polar surface area (TPSA) is 36.3 Å².